The number of nitrogens with zero attached hydrogens (tertiary/aromatic N) is 1. The van der Waals surface area contributed by atoms with E-state index in [2.05, 4.69) is 10.3 Å². The molecule has 0 saturated carbocycles. The van der Waals surface area contributed by atoms with Crippen molar-refractivity contribution in [3.05, 3.63) is 24.5 Å². The Balaban J connectivity index is 2.52. The number of aromatic nitrogens is 1. The molecule has 0 aliphatic heterocycles. The van der Waals surface area contributed by atoms with E-state index in [4.69, 9.17) is 4.74 Å². The smallest absolute Gasteiger partial charge is 0.323 e. The number of carbonyl (C=O) groups excluding carboxylic acids is 1. The zero-order chi connectivity index (χ0) is 12.7. The number of rotatable bonds is 6. The van der Waals surface area contributed by atoms with E-state index in [0.29, 0.717) is 5.75 Å². The maximum atomic E-state index is 11.6. The highest BCUT2D eigenvalue weighted by molar-refractivity contribution is 7.99. The third kappa shape index (κ3) is 5.19. The molecule has 1 heterocycles. The van der Waals surface area contributed by atoms with Gasteiger partial charge < -0.3 is 10.1 Å². The molecule has 0 radical (unpaired) electrons. The van der Waals surface area contributed by atoms with Gasteiger partial charge in [0.2, 0.25) is 0 Å². The molecule has 0 aliphatic rings. The summed E-state index contributed by atoms with van der Waals surface area (Å²) in [6.45, 7) is 4.01. The molecule has 0 aliphatic carbocycles. The van der Waals surface area contributed by atoms with Gasteiger partial charge in [-0.05, 0) is 12.1 Å². The number of pyridine rings is 1. The molecule has 17 heavy (non-hydrogen) atoms. The number of methoxy groups -OCH3 is 1. The van der Waals surface area contributed by atoms with Crippen LogP contribution in [-0.2, 0) is 9.53 Å². The predicted molar refractivity (Wildman–Crippen MR) is 69.0 cm³/mol. The highest BCUT2D eigenvalue weighted by Gasteiger charge is 2.19. The van der Waals surface area contributed by atoms with Crippen LogP contribution in [0.1, 0.15) is 13.8 Å². The maximum Gasteiger partial charge on any atom is 0.323 e. The second kappa shape index (κ2) is 7.29. The second-order valence-corrected chi connectivity index (χ2v) is 4.98. The number of hydrogen-bond acceptors (Lipinski definition) is 5. The lowest BCUT2D eigenvalue weighted by Crippen LogP contribution is -2.43. The first-order chi connectivity index (χ1) is 8.13. The molecule has 0 aromatic carbocycles. The van der Waals surface area contributed by atoms with E-state index < -0.39 is 0 Å². The number of thioether (sulfide) groups is 1. The monoisotopic (exact) mass is 254 g/mol. The first kappa shape index (κ1) is 14.0. The molecule has 0 spiro atoms. The molecule has 1 aromatic heterocycles. The van der Waals surface area contributed by atoms with Gasteiger partial charge in [0.25, 0.3) is 0 Å². The van der Waals surface area contributed by atoms with Gasteiger partial charge in [0.05, 0.1) is 7.11 Å². The zero-order valence-corrected chi connectivity index (χ0v) is 11.2. The predicted octanol–water partition coefficient (Wildman–Crippen LogP) is 1.71. The van der Waals surface area contributed by atoms with E-state index in [-0.39, 0.29) is 18.1 Å². The van der Waals surface area contributed by atoms with Gasteiger partial charge in [-0.3, -0.25) is 9.78 Å². The fourth-order valence-electron chi connectivity index (χ4n) is 1.34. The molecular weight excluding hydrogens is 236 g/mol. The fourth-order valence-corrected chi connectivity index (χ4v) is 2.25. The Morgan fingerprint density at radius 3 is 2.65 bits per heavy atom. The summed E-state index contributed by atoms with van der Waals surface area (Å²) in [6, 6.07) is 3.82. The van der Waals surface area contributed by atoms with Crippen molar-refractivity contribution >= 4 is 17.7 Å². The molecule has 1 aromatic rings. The second-order valence-electron chi connectivity index (χ2n) is 3.89. The van der Waals surface area contributed by atoms with Gasteiger partial charge >= 0.3 is 5.97 Å². The summed E-state index contributed by atoms with van der Waals surface area (Å²) >= 11 is 1.61. The Bertz CT molecular complexity index is 344. The van der Waals surface area contributed by atoms with Gasteiger partial charge in [-0.15, -0.1) is 11.8 Å². The lowest BCUT2D eigenvalue weighted by atomic mass is 10.3. The Labute approximate surface area is 106 Å². The number of carbonyl (C=O) groups is 1. The van der Waals surface area contributed by atoms with Crippen LogP contribution in [0.5, 0.6) is 0 Å². The lowest BCUT2D eigenvalue weighted by Gasteiger charge is -2.18. The van der Waals surface area contributed by atoms with Gasteiger partial charge in [0, 0.05) is 29.1 Å². The normalized spacial score (nSPS) is 12.5. The molecule has 1 rings (SSSR count). The Morgan fingerprint density at radius 2 is 2.12 bits per heavy atom. The third-order valence-corrected chi connectivity index (χ3v) is 3.19. The van der Waals surface area contributed by atoms with Crippen molar-refractivity contribution in [1.29, 1.82) is 0 Å². The van der Waals surface area contributed by atoms with Crippen molar-refractivity contribution in [1.82, 2.24) is 10.3 Å². The summed E-state index contributed by atoms with van der Waals surface area (Å²) in [5, 5.41) is 3.19. The first-order valence-corrected chi connectivity index (χ1v) is 6.48. The van der Waals surface area contributed by atoms with E-state index in [9.17, 15) is 4.79 Å². The van der Waals surface area contributed by atoms with E-state index in [1.54, 1.807) is 24.2 Å². The fraction of sp³-hybridized carbons (Fsp3) is 0.500. The number of ether oxygens (including phenoxy) is 1. The topological polar surface area (TPSA) is 51.2 Å². The standard InChI is InChI=1S/C12H18N2O2S/c1-9(2)14-11(12(15)16-3)8-17-10-4-6-13-7-5-10/h4-7,9,11,14H,8H2,1-3H3. The Hall–Kier alpha value is -1.07. The van der Waals surface area contributed by atoms with Crippen molar-refractivity contribution in [2.24, 2.45) is 0 Å². The van der Waals surface area contributed by atoms with Crippen LogP contribution in [0.3, 0.4) is 0 Å². The molecule has 0 amide bonds. The average Bonchev–Trinajstić information content (AvgIpc) is 2.34. The minimum Gasteiger partial charge on any atom is -0.468 e. The van der Waals surface area contributed by atoms with Crippen LogP contribution in [0.4, 0.5) is 0 Å². The van der Waals surface area contributed by atoms with Gasteiger partial charge in [0.15, 0.2) is 0 Å². The van der Waals surface area contributed by atoms with Gasteiger partial charge in [-0.25, -0.2) is 0 Å². The molecule has 1 N–H and O–H groups in total. The zero-order valence-electron chi connectivity index (χ0n) is 10.3. The highest BCUT2D eigenvalue weighted by atomic mass is 32.2. The van der Waals surface area contributed by atoms with Gasteiger partial charge in [0.1, 0.15) is 6.04 Å². The molecular formula is C12H18N2O2S. The molecule has 0 saturated heterocycles. The van der Waals surface area contributed by atoms with E-state index in [1.165, 1.54) is 7.11 Å². The Morgan fingerprint density at radius 1 is 1.47 bits per heavy atom. The van der Waals surface area contributed by atoms with Crippen LogP contribution >= 0.6 is 11.8 Å². The van der Waals surface area contributed by atoms with Crippen LogP contribution in [0.2, 0.25) is 0 Å². The van der Waals surface area contributed by atoms with Crippen molar-refractivity contribution in [3.8, 4) is 0 Å². The van der Waals surface area contributed by atoms with E-state index >= 15 is 0 Å². The molecule has 4 nitrogen and oxygen atoms in total. The number of nitrogens with one attached hydrogen (secondary N) is 1. The quantitative estimate of drug-likeness (QED) is 0.618. The minimum atomic E-state index is -0.279. The summed E-state index contributed by atoms with van der Waals surface area (Å²) in [6.07, 6.45) is 3.48. The van der Waals surface area contributed by atoms with Crippen LogP contribution in [0.25, 0.3) is 0 Å². The van der Waals surface area contributed by atoms with Gasteiger partial charge in [-0.1, -0.05) is 13.8 Å². The van der Waals surface area contributed by atoms with Crippen molar-refractivity contribution in [2.45, 2.75) is 30.8 Å². The SMILES string of the molecule is COC(=O)C(CSc1ccncc1)NC(C)C. The Kier molecular flexibility index (Phi) is 6.00. The summed E-state index contributed by atoms with van der Waals surface area (Å²) < 4.78 is 4.77. The molecule has 94 valence electrons. The molecule has 1 atom stereocenters. The van der Waals surface area contributed by atoms with Crippen molar-refractivity contribution < 1.29 is 9.53 Å². The summed E-state index contributed by atoms with van der Waals surface area (Å²) in [4.78, 5) is 16.6. The molecule has 0 bridgehead atoms. The minimum absolute atomic E-state index is 0.222. The summed E-state index contributed by atoms with van der Waals surface area (Å²) in [7, 11) is 1.41. The molecule has 0 fully saturated rings. The summed E-state index contributed by atoms with van der Waals surface area (Å²) in [5.74, 6) is 0.426. The summed E-state index contributed by atoms with van der Waals surface area (Å²) in [5.41, 5.74) is 0. The van der Waals surface area contributed by atoms with Crippen molar-refractivity contribution in [2.75, 3.05) is 12.9 Å². The van der Waals surface area contributed by atoms with E-state index in [1.807, 2.05) is 26.0 Å². The van der Waals surface area contributed by atoms with E-state index in [0.717, 1.165) is 4.90 Å². The first-order valence-electron chi connectivity index (χ1n) is 5.50. The van der Waals surface area contributed by atoms with Crippen LogP contribution in [-0.4, -0.2) is 35.9 Å². The average molecular weight is 254 g/mol. The third-order valence-electron chi connectivity index (χ3n) is 2.09. The lowest BCUT2D eigenvalue weighted by molar-refractivity contribution is -0.142. The molecule has 5 heteroatoms. The van der Waals surface area contributed by atoms with Gasteiger partial charge in [-0.2, -0.15) is 0 Å². The van der Waals surface area contributed by atoms with Crippen LogP contribution in [0.15, 0.2) is 29.4 Å². The highest BCUT2D eigenvalue weighted by Crippen LogP contribution is 2.17. The van der Waals surface area contributed by atoms with Crippen LogP contribution < -0.4 is 5.32 Å². The largest absolute Gasteiger partial charge is 0.468 e. The maximum absolute atomic E-state index is 11.6. The van der Waals surface area contributed by atoms with Crippen molar-refractivity contribution in [3.63, 3.8) is 0 Å². The molecule has 1 unspecified atom stereocenters. The van der Waals surface area contributed by atoms with Crippen LogP contribution in [0, 0.1) is 0 Å². The number of esters is 1. The number of hydrogen-bond donors (Lipinski definition) is 1.